The highest BCUT2D eigenvalue weighted by Gasteiger charge is 2.45. The molecule has 0 aromatic heterocycles. The van der Waals surface area contributed by atoms with Crippen molar-refractivity contribution in [3.63, 3.8) is 0 Å². The van der Waals surface area contributed by atoms with E-state index < -0.39 is 32.9 Å². The number of hydrogen-bond acceptors (Lipinski definition) is 7. The maximum Gasteiger partial charge on any atom is 0.326 e. The molecule has 0 aliphatic carbocycles. The number of ether oxygens (including phenoxy) is 1. The highest BCUT2D eigenvalue weighted by molar-refractivity contribution is 7.89. The minimum absolute atomic E-state index is 0.103. The molecule has 2 aliphatic heterocycles. The summed E-state index contributed by atoms with van der Waals surface area (Å²) in [6.45, 7) is 4.84. The van der Waals surface area contributed by atoms with Gasteiger partial charge in [-0.05, 0) is 54.4 Å². The topological polar surface area (TPSA) is 103 Å². The molecule has 14 heteroatoms. The number of hydrogen-bond donors (Lipinski definition) is 0. The minimum Gasteiger partial charge on any atom is -0.493 e. The number of benzene rings is 3. The van der Waals surface area contributed by atoms with Crippen molar-refractivity contribution in [3.05, 3.63) is 93.0 Å². The number of amidine groups is 1. The van der Waals surface area contributed by atoms with Crippen molar-refractivity contribution in [2.24, 2.45) is 4.99 Å². The van der Waals surface area contributed by atoms with Crippen LogP contribution in [0.1, 0.15) is 41.3 Å². The van der Waals surface area contributed by atoms with E-state index >= 15 is 0 Å². The van der Waals surface area contributed by atoms with Crippen molar-refractivity contribution in [2.75, 3.05) is 65.4 Å². The Morgan fingerprint density at radius 3 is 2.14 bits per heavy atom. The number of amides is 2. The smallest absolute Gasteiger partial charge is 0.326 e. The molecule has 3 atom stereocenters. The third kappa shape index (κ3) is 7.98. The largest absolute Gasteiger partial charge is 0.493 e. The van der Waals surface area contributed by atoms with E-state index in [4.69, 9.17) is 39.4 Å². The van der Waals surface area contributed by atoms with E-state index in [0.29, 0.717) is 59.8 Å². The number of carbonyl (C=O) groups excluding carboxylic acids is 1. The third-order valence-electron chi connectivity index (χ3n) is 8.57. The first kappa shape index (κ1) is 36.8. The minimum atomic E-state index is -4.01. The molecule has 0 N–H and O–H groups in total. The van der Waals surface area contributed by atoms with Crippen LogP contribution in [0.4, 0.5) is 4.79 Å². The van der Waals surface area contributed by atoms with Gasteiger partial charge in [0, 0.05) is 85.2 Å². The van der Waals surface area contributed by atoms with Crippen molar-refractivity contribution in [1.82, 2.24) is 19.0 Å². The summed E-state index contributed by atoms with van der Waals surface area (Å²) in [7, 11) is -2.07. The molecule has 2 heterocycles. The van der Waals surface area contributed by atoms with E-state index in [2.05, 4.69) is 10.8 Å². The summed E-state index contributed by atoms with van der Waals surface area (Å²) in [5.74, 6) is 3.60. The average Bonchev–Trinajstić information content (AvgIpc) is 3.48. The molecule has 2 amide bonds. The van der Waals surface area contributed by atoms with Crippen LogP contribution >= 0.6 is 23.2 Å². The van der Waals surface area contributed by atoms with Gasteiger partial charge in [0.15, 0.2) is 0 Å². The summed E-state index contributed by atoms with van der Waals surface area (Å²) in [5.41, 5.74) is 2.02. The van der Waals surface area contributed by atoms with Gasteiger partial charge in [-0.15, -0.1) is 6.42 Å². The van der Waals surface area contributed by atoms with E-state index in [9.17, 15) is 17.4 Å². The molecule has 1 saturated heterocycles. The first-order valence-corrected chi connectivity index (χ1v) is 19.7. The molecular weight excluding hydrogens is 705 g/mol. The maximum atomic E-state index is 14.9. The number of rotatable bonds is 10. The van der Waals surface area contributed by atoms with E-state index in [1.165, 1.54) is 26.2 Å². The van der Waals surface area contributed by atoms with Crippen LogP contribution in [-0.4, -0.2) is 109 Å². The molecule has 0 saturated carbocycles. The Hall–Kier alpha value is -3.44. The first-order valence-electron chi connectivity index (χ1n) is 15.7. The molecule has 260 valence electrons. The van der Waals surface area contributed by atoms with Gasteiger partial charge in [-0.3, -0.25) is 19.0 Å². The Balaban J connectivity index is 1.71. The summed E-state index contributed by atoms with van der Waals surface area (Å²) in [6, 6.07) is 16.0. The fourth-order valence-corrected chi connectivity index (χ4v) is 7.78. The lowest BCUT2D eigenvalue weighted by Gasteiger charge is -2.39. The molecular formula is C35H39Cl2N5O5S2. The number of aliphatic imine (C=N–C) groups is 1. The fourth-order valence-electron chi connectivity index (χ4n) is 5.96. The standard InChI is InChI=1S/C35H39Cl2N5O5S2/c1-6-24-22-30(47-7-2)29(23-31(24)49(45,46)39(3)4)34-38-32(25-8-12-27(36)13-9-25)33(26-10-14-28(37)15-11-26)42(34)35(43)41-18-16-40(17-19-41)20-21-48(5)44/h1,8-15,22-23,32-33H,7,16-21H2,2-5H3/t32-,33+,48?/m0/s1. The molecule has 1 unspecified atom stereocenters. The normalized spacial score (nSPS) is 19.1. The average molecular weight is 745 g/mol. The van der Waals surface area contributed by atoms with Gasteiger partial charge in [0.1, 0.15) is 17.6 Å². The van der Waals surface area contributed by atoms with Crippen LogP contribution in [0.3, 0.4) is 0 Å². The Morgan fingerprint density at radius 2 is 1.61 bits per heavy atom. The lowest BCUT2D eigenvalue weighted by molar-refractivity contribution is 0.122. The lowest BCUT2D eigenvalue weighted by atomic mass is 9.93. The SMILES string of the molecule is C#Cc1cc(OCC)c(C2=N[C@@H](c3ccc(Cl)cc3)[C@@H](c3ccc(Cl)cc3)N2C(=O)N2CCN(CCS(C)=O)CC2)cc1S(=O)(=O)N(C)C. The van der Waals surface area contributed by atoms with Crippen LogP contribution in [0.5, 0.6) is 5.75 Å². The number of piperazine rings is 1. The molecule has 0 spiro atoms. The van der Waals surface area contributed by atoms with Crippen LogP contribution in [0.15, 0.2) is 70.6 Å². The molecule has 1 fully saturated rings. The Bertz CT molecular complexity index is 1890. The van der Waals surface area contributed by atoms with Crippen molar-refractivity contribution < 1.29 is 22.2 Å². The highest BCUT2D eigenvalue weighted by atomic mass is 35.5. The molecule has 2 aliphatic rings. The van der Waals surface area contributed by atoms with Crippen LogP contribution in [0, 0.1) is 12.3 Å². The van der Waals surface area contributed by atoms with Crippen molar-refractivity contribution in [1.29, 1.82) is 0 Å². The van der Waals surface area contributed by atoms with Gasteiger partial charge in [0.2, 0.25) is 10.0 Å². The summed E-state index contributed by atoms with van der Waals surface area (Å²) in [5, 5.41) is 1.09. The second-order valence-corrected chi connectivity index (χ2v) is 16.5. The molecule has 0 bridgehead atoms. The number of sulfonamides is 1. The van der Waals surface area contributed by atoms with Gasteiger partial charge < -0.3 is 9.64 Å². The number of nitrogens with zero attached hydrogens (tertiary/aromatic N) is 5. The zero-order chi connectivity index (χ0) is 35.5. The second kappa shape index (κ2) is 15.6. The van der Waals surface area contributed by atoms with Crippen LogP contribution < -0.4 is 4.74 Å². The highest BCUT2D eigenvalue weighted by Crippen LogP contribution is 2.46. The maximum absolute atomic E-state index is 14.9. The molecule has 0 radical (unpaired) electrons. The van der Waals surface area contributed by atoms with E-state index in [1.807, 2.05) is 31.2 Å². The molecule has 49 heavy (non-hydrogen) atoms. The number of terminal acetylenes is 1. The van der Waals surface area contributed by atoms with Gasteiger partial charge >= 0.3 is 6.03 Å². The monoisotopic (exact) mass is 743 g/mol. The van der Waals surface area contributed by atoms with Gasteiger partial charge in [0.25, 0.3) is 0 Å². The fraction of sp³-hybridized carbons (Fsp3) is 0.371. The van der Waals surface area contributed by atoms with Crippen LogP contribution in [0.25, 0.3) is 0 Å². The third-order valence-corrected chi connectivity index (χ3v) is 11.7. The number of halogens is 2. The Labute approximate surface area is 301 Å². The van der Waals surface area contributed by atoms with E-state index in [0.717, 1.165) is 15.4 Å². The summed E-state index contributed by atoms with van der Waals surface area (Å²) >= 11 is 12.6. The van der Waals surface area contributed by atoms with Gasteiger partial charge in [-0.25, -0.2) is 17.5 Å². The Morgan fingerprint density at radius 1 is 1.02 bits per heavy atom. The van der Waals surface area contributed by atoms with Crippen LogP contribution in [0.2, 0.25) is 10.0 Å². The zero-order valence-electron chi connectivity index (χ0n) is 27.8. The number of carbonyl (C=O) groups is 1. The second-order valence-electron chi connectivity index (χ2n) is 11.9. The van der Waals surface area contributed by atoms with Crippen molar-refractivity contribution >= 4 is 55.9 Å². The molecule has 3 aromatic carbocycles. The summed E-state index contributed by atoms with van der Waals surface area (Å²) < 4.78 is 46.0. The van der Waals surface area contributed by atoms with Gasteiger partial charge in [-0.2, -0.15) is 0 Å². The first-order chi connectivity index (χ1) is 23.3. The summed E-state index contributed by atoms with van der Waals surface area (Å²) in [4.78, 5) is 25.6. The van der Waals surface area contributed by atoms with Crippen LogP contribution in [-0.2, 0) is 20.8 Å². The van der Waals surface area contributed by atoms with E-state index in [1.54, 1.807) is 40.3 Å². The van der Waals surface area contributed by atoms with Crippen molar-refractivity contribution in [3.8, 4) is 18.1 Å². The van der Waals surface area contributed by atoms with Gasteiger partial charge in [0.05, 0.1) is 23.1 Å². The number of urea groups is 1. The summed E-state index contributed by atoms with van der Waals surface area (Å²) in [6.07, 6.45) is 7.51. The van der Waals surface area contributed by atoms with Gasteiger partial charge in [-0.1, -0.05) is 53.4 Å². The predicted octanol–water partition coefficient (Wildman–Crippen LogP) is 5.28. The molecule has 5 rings (SSSR count). The predicted molar refractivity (Wildman–Crippen MR) is 196 cm³/mol. The Kier molecular flexibility index (Phi) is 11.7. The van der Waals surface area contributed by atoms with Crippen molar-refractivity contribution in [2.45, 2.75) is 23.9 Å². The molecule has 10 nitrogen and oxygen atoms in total. The zero-order valence-corrected chi connectivity index (χ0v) is 30.9. The quantitative estimate of drug-likeness (QED) is 0.262. The van der Waals surface area contributed by atoms with E-state index in [-0.39, 0.29) is 28.9 Å². The molecule has 3 aromatic rings. The lowest BCUT2D eigenvalue weighted by Crippen LogP contribution is -2.54.